The lowest BCUT2D eigenvalue weighted by Crippen LogP contribution is -1.95. The topological polar surface area (TPSA) is 0 Å². The van der Waals surface area contributed by atoms with Gasteiger partial charge in [-0.05, 0) is 45.4 Å². The Hall–Kier alpha value is -0.780. The predicted octanol–water partition coefficient (Wildman–Crippen LogP) is 5.04. The third kappa shape index (κ3) is 4.51. The molecule has 0 heteroatoms. The van der Waals surface area contributed by atoms with Gasteiger partial charge in [0.15, 0.2) is 0 Å². The van der Waals surface area contributed by atoms with Gasteiger partial charge in [0.25, 0.3) is 0 Å². The summed E-state index contributed by atoms with van der Waals surface area (Å²) in [6.45, 7) is 9.08. The molecule has 1 aliphatic carbocycles. The summed E-state index contributed by atoms with van der Waals surface area (Å²) >= 11 is 0. The van der Waals surface area contributed by atoms with Crippen molar-refractivity contribution in [3.05, 3.63) is 34.9 Å². The molecule has 0 unspecified atom stereocenters. The minimum atomic E-state index is 0.682. The van der Waals surface area contributed by atoms with Crippen molar-refractivity contribution in [1.82, 2.24) is 0 Å². The highest BCUT2D eigenvalue weighted by molar-refractivity contribution is 5.20. The summed E-state index contributed by atoms with van der Waals surface area (Å²) in [5, 5.41) is 0. The molecule has 0 nitrogen and oxygen atoms in total. The van der Waals surface area contributed by atoms with E-state index in [4.69, 9.17) is 0 Å². The summed E-state index contributed by atoms with van der Waals surface area (Å²) in [5.74, 6) is 0.682. The highest BCUT2D eigenvalue weighted by Crippen LogP contribution is 2.21. The maximum absolute atomic E-state index is 2.40. The van der Waals surface area contributed by atoms with E-state index in [0.29, 0.717) is 5.92 Å². The molecule has 0 radical (unpaired) electrons. The standard InChI is InChI=1S/C15H24/c1-12(2)15-10-8-13(3)6-5-7-14(4)9-11-15/h6,9,11-12H,5,7-8,10H2,1-4H3/b13-6+,14-9+,15-11-. The molecule has 0 aromatic heterocycles. The van der Waals surface area contributed by atoms with Crippen LogP contribution in [-0.4, -0.2) is 0 Å². The molecule has 0 amide bonds. The normalized spacial score (nSPS) is 29.8. The first-order valence-corrected chi connectivity index (χ1v) is 6.11. The maximum atomic E-state index is 2.40. The van der Waals surface area contributed by atoms with Crippen molar-refractivity contribution in [3.63, 3.8) is 0 Å². The fourth-order valence-electron chi connectivity index (χ4n) is 1.89. The smallest absolute Gasteiger partial charge is 0.0257 e. The summed E-state index contributed by atoms with van der Waals surface area (Å²) in [6.07, 6.45) is 11.9. The van der Waals surface area contributed by atoms with Crippen LogP contribution >= 0.6 is 0 Å². The van der Waals surface area contributed by atoms with Crippen LogP contribution in [0.2, 0.25) is 0 Å². The summed E-state index contributed by atoms with van der Waals surface area (Å²) in [4.78, 5) is 0. The zero-order chi connectivity index (χ0) is 11.3. The molecule has 0 aliphatic heterocycles. The van der Waals surface area contributed by atoms with Gasteiger partial charge >= 0.3 is 0 Å². The Morgan fingerprint density at radius 1 is 0.933 bits per heavy atom. The number of allylic oxidation sites excluding steroid dienone is 6. The average Bonchev–Trinajstić information content (AvgIpc) is 2.16. The summed E-state index contributed by atoms with van der Waals surface area (Å²) in [7, 11) is 0. The maximum Gasteiger partial charge on any atom is -0.0257 e. The summed E-state index contributed by atoms with van der Waals surface area (Å²) in [5.41, 5.74) is 4.64. The van der Waals surface area contributed by atoms with E-state index in [2.05, 4.69) is 45.9 Å². The largest absolute Gasteiger partial charge is 0.0853 e. The van der Waals surface area contributed by atoms with Gasteiger partial charge in [-0.1, -0.05) is 48.8 Å². The lowest BCUT2D eigenvalue weighted by molar-refractivity contribution is 0.705. The van der Waals surface area contributed by atoms with E-state index in [9.17, 15) is 0 Å². The van der Waals surface area contributed by atoms with E-state index in [1.165, 1.54) is 31.3 Å². The van der Waals surface area contributed by atoms with Crippen LogP contribution in [0.3, 0.4) is 0 Å². The third-order valence-electron chi connectivity index (χ3n) is 3.16. The van der Waals surface area contributed by atoms with Crippen molar-refractivity contribution in [2.75, 3.05) is 0 Å². The van der Waals surface area contributed by atoms with Gasteiger partial charge in [0, 0.05) is 0 Å². The molecule has 0 heterocycles. The second-order valence-corrected chi connectivity index (χ2v) is 5.00. The van der Waals surface area contributed by atoms with Gasteiger partial charge < -0.3 is 0 Å². The Morgan fingerprint density at radius 2 is 1.67 bits per heavy atom. The molecular weight excluding hydrogens is 180 g/mol. The lowest BCUT2D eigenvalue weighted by atomic mass is 9.94. The van der Waals surface area contributed by atoms with Gasteiger partial charge in [0.05, 0.1) is 0 Å². The Morgan fingerprint density at radius 3 is 2.33 bits per heavy atom. The van der Waals surface area contributed by atoms with E-state index in [-0.39, 0.29) is 0 Å². The van der Waals surface area contributed by atoms with Crippen molar-refractivity contribution in [2.24, 2.45) is 5.92 Å². The molecule has 1 aliphatic rings. The zero-order valence-electron chi connectivity index (χ0n) is 10.6. The monoisotopic (exact) mass is 204 g/mol. The van der Waals surface area contributed by atoms with Crippen LogP contribution < -0.4 is 0 Å². The van der Waals surface area contributed by atoms with Crippen LogP contribution in [0.25, 0.3) is 0 Å². The second-order valence-electron chi connectivity index (χ2n) is 5.00. The van der Waals surface area contributed by atoms with Gasteiger partial charge in [-0.15, -0.1) is 0 Å². The molecule has 0 atom stereocenters. The summed E-state index contributed by atoms with van der Waals surface area (Å²) in [6, 6.07) is 0. The molecule has 84 valence electrons. The van der Waals surface area contributed by atoms with Gasteiger partial charge in [-0.3, -0.25) is 0 Å². The Kier molecular flexibility index (Phi) is 4.87. The highest BCUT2D eigenvalue weighted by Gasteiger charge is 2.04. The van der Waals surface area contributed by atoms with Gasteiger partial charge in [-0.2, -0.15) is 0 Å². The van der Waals surface area contributed by atoms with Crippen LogP contribution in [0.4, 0.5) is 0 Å². The minimum absolute atomic E-state index is 0.682. The van der Waals surface area contributed by atoms with Gasteiger partial charge in [0.1, 0.15) is 0 Å². The molecule has 0 spiro atoms. The fraction of sp³-hybridized carbons (Fsp3) is 0.600. The number of hydrogen-bond acceptors (Lipinski definition) is 0. The number of hydrogen-bond donors (Lipinski definition) is 0. The first-order chi connectivity index (χ1) is 7.09. The third-order valence-corrected chi connectivity index (χ3v) is 3.16. The van der Waals surface area contributed by atoms with E-state index in [0.717, 1.165) is 0 Å². The zero-order valence-corrected chi connectivity index (χ0v) is 10.6. The Labute approximate surface area is 94.8 Å². The molecule has 0 saturated heterocycles. The van der Waals surface area contributed by atoms with Crippen LogP contribution in [-0.2, 0) is 0 Å². The number of rotatable bonds is 1. The van der Waals surface area contributed by atoms with Gasteiger partial charge in [0.2, 0.25) is 0 Å². The van der Waals surface area contributed by atoms with E-state index >= 15 is 0 Å². The van der Waals surface area contributed by atoms with Crippen molar-refractivity contribution in [1.29, 1.82) is 0 Å². The Balaban J connectivity index is 2.83. The first kappa shape index (κ1) is 12.3. The highest BCUT2D eigenvalue weighted by atomic mass is 14.1. The van der Waals surface area contributed by atoms with E-state index < -0.39 is 0 Å². The van der Waals surface area contributed by atoms with Crippen molar-refractivity contribution < 1.29 is 0 Å². The first-order valence-electron chi connectivity index (χ1n) is 6.11. The minimum Gasteiger partial charge on any atom is -0.0853 e. The molecule has 0 saturated carbocycles. The molecule has 0 bridgehead atoms. The Bertz CT molecular complexity index is 287. The van der Waals surface area contributed by atoms with E-state index in [1.54, 1.807) is 11.1 Å². The fourth-order valence-corrected chi connectivity index (χ4v) is 1.89. The predicted molar refractivity (Wildman–Crippen MR) is 68.9 cm³/mol. The summed E-state index contributed by atoms with van der Waals surface area (Å²) < 4.78 is 0. The van der Waals surface area contributed by atoms with E-state index in [1.807, 2.05) is 0 Å². The van der Waals surface area contributed by atoms with Crippen LogP contribution in [0.5, 0.6) is 0 Å². The quantitative estimate of drug-likeness (QED) is 0.525. The molecule has 0 aromatic carbocycles. The molecule has 0 aromatic rings. The van der Waals surface area contributed by atoms with Crippen LogP contribution in [0, 0.1) is 5.92 Å². The van der Waals surface area contributed by atoms with Crippen molar-refractivity contribution in [3.8, 4) is 0 Å². The molecule has 0 N–H and O–H groups in total. The second kappa shape index (κ2) is 5.95. The van der Waals surface area contributed by atoms with Gasteiger partial charge in [-0.25, -0.2) is 0 Å². The SMILES string of the molecule is C/C1=C\C=C(/C(C)C)CC/C(C)=C/CC1. The lowest BCUT2D eigenvalue weighted by Gasteiger charge is -2.12. The molecule has 0 fully saturated rings. The average molecular weight is 204 g/mol. The van der Waals surface area contributed by atoms with Crippen LogP contribution in [0.1, 0.15) is 53.4 Å². The molecule has 1 rings (SSSR count). The molecular formula is C15H24. The van der Waals surface area contributed by atoms with Crippen molar-refractivity contribution in [2.45, 2.75) is 53.4 Å². The molecule has 15 heavy (non-hydrogen) atoms. The van der Waals surface area contributed by atoms with Crippen molar-refractivity contribution >= 4 is 0 Å². The van der Waals surface area contributed by atoms with Crippen LogP contribution in [0.15, 0.2) is 34.9 Å².